The molecule has 0 spiro atoms. The Hall–Kier alpha value is -1.71. The van der Waals surface area contributed by atoms with Gasteiger partial charge in [-0.2, -0.15) is 0 Å². The van der Waals surface area contributed by atoms with E-state index in [9.17, 15) is 14.4 Å². The van der Waals surface area contributed by atoms with E-state index >= 15 is 0 Å². The van der Waals surface area contributed by atoms with Crippen LogP contribution in [0, 0.1) is 0 Å². The van der Waals surface area contributed by atoms with Gasteiger partial charge >= 0.3 is 5.97 Å². The number of rotatable bonds is 11. The average Bonchev–Trinajstić information content (AvgIpc) is 2.25. The third-order valence-electron chi connectivity index (χ3n) is 2.63. The number of carbonyl (C=O) groups is 3. The fraction of sp³-hybridized carbons (Fsp3) is 0.727. The molecule has 0 aliphatic rings. The standard InChI is InChI=1S/C11H22N4O5/c1-8(15(2-3-16)6-10(13)18)4-14(5-9(12)17)7-11(19)20/h8,16H,2-7H2,1H3,(H2,12,17)(H2,13,18)(H,19,20)/t8-/m0/s1. The first kappa shape index (κ1) is 18.3. The lowest BCUT2D eigenvalue weighted by molar-refractivity contribution is -0.139. The lowest BCUT2D eigenvalue weighted by atomic mass is 10.2. The van der Waals surface area contributed by atoms with E-state index in [1.807, 2.05) is 0 Å². The van der Waals surface area contributed by atoms with Gasteiger partial charge in [-0.1, -0.05) is 0 Å². The van der Waals surface area contributed by atoms with Gasteiger partial charge < -0.3 is 21.7 Å². The van der Waals surface area contributed by atoms with E-state index in [-0.39, 0.29) is 45.4 Å². The molecule has 0 radical (unpaired) electrons. The number of aliphatic hydroxyl groups is 1. The number of nitrogens with two attached hydrogens (primary N) is 2. The summed E-state index contributed by atoms with van der Waals surface area (Å²) in [6.45, 7) is 1.43. The van der Waals surface area contributed by atoms with Gasteiger partial charge in [0.1, 0.15) is 0 Å². The molecule has 0 bridgehead atoms. The molecule has 0 fully saturated rings. The topological polar surface area (TPSA) is 150 Å². The number of aliphatic carboxylic acids is 1. The monoisotopic (exact) mass is 290 g/mol. The lowest BCUT2D eigenvalue weighted by Crippen LogP contribution is -2.49. The van der Waals surface area contributed by atoms with Crippen molar-refractivity contribution >= 4 is 17.8 Å². The maximum Gasteiger partial charge on any atom is 0.317 e. The first-order valence-electron chi connectivity index (χ1n) is 6.12. The van der Waals surface area contributed by atoms with Crippen LogP contribution in [0.2, 0.25) is 0 Å². The third-order valence-corrected chi connectivity index (χ3v) is 2.63. The van der Waals surface area contributed by atoms with E-state index < -0.39 is 17.8 Å². The Morgan fingerprint density at radius 2 is 1.65 bits per heavy atom. The molecule has 0 aliphatic carbocycles. The highest BCUT2D eigenvalue weighted by atomic mass is 16.4. The van der Waals surface area contributed by atoms with Crippen LogP contribution < -0.4 is 11.5 Å². The molecule has 0 saturated carbocycles. The van der Waals surface area contributed by atoms with Gasteiger partial charge in [0, 0.05) is 19.1 Å². The molecule has 0 aliphatic heterocycles. The Labute approximate surface area is 117 Å². The van der Waals surface area contributed by atoms with Crippen molar-refractivity contribution in [2.75, 3.05) is 39.3 Å². The Morgan fingerprint density at radius 3 is 2.05 bits per heavy atom. The maximum atomic E-state index is 10.9. The largest absolute Gasteiger partial charge is 0.480 e. The summed E-state index contributed by atoms with van der Waals surface area (Å²) in [5, 5.41) is 17.7. The van der Waals surface area contributed by atoms with Gasteiger partial charge in [-0.15, -0.1) is 0 Å². The van der Waals surface area contributed by atoms with Gasteiger partial charge in [0.15, 0.2) is 0 Å². The van der Waals surface area contributed by atoms with Crippen LogP contribution in [0.25, 0.3) is 0 Å². The fourth-order valence-corrected chi connectivity index (χ4v) is 1.87. The van der Waals surface area contributed by atoms with Crippen LogP contribution in [0.15, 0.2) is 0 Å². The molecule has 0 aromatic heterocycles. The minimum Gasteiger partial charge on any atom is -0.480 e. The van der Waals surface area contributed by atoms with Crippen LogP contribution in [0.1, 0.15) is 6.92 Å². The van der Waals surface area contributed by atoms with E-state index in [0.717, 1.165) is 0 Å². The molecule has 0 heterocycles. The van der Waals surface area contributed by atoms with Crippen molar-refractivity contribution in [3.05, 3.63) is 0 Å². The number of carbonyl (C=O) groups excluding carboxylic acids is 2. The van der Waals surface area contributed by atoms with E-state index in [1.165, 1.54) is 4.90 Å². The number of nitrogens with zero attached hydrogens (tertiary/aromatic N) is 2. The number of amides is 2. The number of primary amides is 2. The van der Waals surface area contributed by atoms with Gasteiger partial charge in [-0.05, 0) is 6.92 Å². The second-order valence-corrected chi connectivity index (χ2v) is 4.54. The van der Waals surface area contributed by atoms with Gasteiger partial charge in [0.25, 0.3) is 0 Å². The van der Waals surface area contributed by atoms with Crippen molar-refractivity contribution in [2.45, 2.75) is 13.0 Å². The normalized spacial score (nSPS) is 12.6. The summed E-state index contributed by atoms with van der Waals surface area (Å²) >= 11 is 0. The molecular weight excluding hydrogens is 268 g/mol. The first-order valence-corrected chi connectivity index (χ1v) is 6.12. The molecule has 116 valence electrons. The molecule has 0 aromatic carbocycles. The fourth-order valence-electron chi connectivity index (χ4n) is 1.87. The summed E-state index contributed by atoms with van der Waals surface area (Å²) in [6.07, 6.45) is 0. The second-order valence-electron chi connectivity index (χ2n) is 4.54. The van der Waals surface area contributed by atoms with Crippen LogP contribution in [0.4, 0.5) is 0 Å². The zero-order valence-electron chi connectivity index (χ0n) is 11.5. The van der Waals surface area contributed by atoms with E-state index in [0.29, 0.717) is 0 Å². The Kier molecular flexibility index (Phi) is 8.45. The number of hydrogen-bond donors (Lipinski definition) is 4. The quantitative estimate of drug-likeness (QED) is 0.317. The molecule has 2 amide bonds. The molecule has 9 nitrogen and oxygen atoms in total. The molecule has 0 unspecified atom stereocenters. The molecular formula is C11H22N4O5. The van der Waals surface area contributed by atoms with Crippen LogP contribution in [0.3, 0.4) is 0 Å². The predicted octanol–water partition coefficient (Wildman–Crippen LogP) is -2.97. The first-order chi connectivity index (χ1) is 9.26. The van der Waals surface area contributed by atoms with Gasteiger partial charge in [0.05, 0.1) is 26.2 Å². The zero-order chi connectivity index (χ0) is 15.7. The third kappa shape index (κ3) is 8.40. The number of aliphatic hydroxyl groups excluding tert-OH is 1. The molecule has 6 N–H and O–H groups in total. The number of hydrogen-bond acceptors (Lipinski definition) is 6. The SMILES string of the molecule is C[C@@H](CN(CC(N)=O)CC(=O)O)N(CCO)CC(N)=O. The summed E-state index contributed by atoms with van der Waals surface area (Å²) in [5.41, 5.74) is 10.2. The van der Waals surface area contributed by atoms with Crippen molar-refractivity contribution in [1.29, 1.82) is 0 Å². The van der Waals surface area contributed by atoms with Crippen molar-refractivity contribution in [2.24, 2.45) is 11.5 Å². The van der Waals surface area contributed by atoms with Crippen molar-refractivity contribution in [3.8, 4) is 0 Å². The highest BCUT2D eigenvalue weighted by Gasteiger charge is 2.21. The Bertz CT molecular complexity index is 334. The van der Waals surface area contributed by atoms with Crippen LogP contribution in [-0.2, 0) is 14.4 Å². The summed E-state index contributed by atoms with van der Waals surface area (Å²) < 4.78 is 0. The molecule has 20 heavy (non-hydrogen) atoms. The Balaban J connectivity index is 4.65. The van der Waals surface area contributed by atoms with Gasteiger partial charge in [-0.25, -0.2) is 0 Å². The van der Waals surface area contributed by atoms with E-state index in [1.54, 1.807) is 11.8 Å². The van der Waals surface area contributed by atoms with Crippen molar-refractivity contribution < 1.29 is 24.6 Å². The molecule has 1 atom stereocenters. The summed E-state index contributed by atoms with van der Waals surface area (Å²) in [6, 6.07) is -0.270. The molecule has 0 rings (SSSR count). The zero-order valence-corrected chi connectivity index (χ0v) is 11.5. The smallest absolute Gasteiger partial charge is 0.317 e. The van der Waals surface area contributed by atoms with E-state index in [2.05, 4.69) is 0 Å². The van der Waals surface area contributed by atoms with Gasteiger partial charge in [0.2, 0.25) is 11.8 Å². The minimum atomic E-state index is -1.08. The van der Waals surface area contributed by atoms with Gasteiger partial charge in [-0.3, -0.25) is 24.2 Å². The van der Waals surface area contributed by atoms with Crippen LogP contribution >= 0.6 is 0 Å². The summed E-state index contributed by atoms with van der Waals surface area (Å²) in [4.78, 5) is 35.5. The van der Waals surface area contributed by atoms with Crippen LogP contribution in [0.5, 0.6) is 0 Å². The van der Waals surface area contributed by atoms with Crippen molar-refractivity contribution in [3.63, 3.8) is 0 Å². The van der Waals surface area contributed by atoms with E-state index in [4.69, 9.17) is 21.7 Å². The predicted molar refractivity (Wildman–Crippen MR) is 70.6 cm³/mol. The number of carboxylic acids is 1. The number of carboxylic acid groups (broad SMARTS) is 1. The summed E-state index contributed by atoms with van der Waals surface area (Å²) in [7, 11) is 0. The Morgan fingerprint density at radius 1 is 1.10 bits per heavy atom. The highest BCUT2D eigenvalue weighted by Crippen LogP contribution is 2.02. The second kappa shape index (κ2) is 9.23. The summed E-state index contributed by atoms with van der Waals surface area (Å²) in [5.74, 6) is -2.27. The minimum absolute atomic E-state index is 0.0563. The molecule has 0 aromatic rings. The van der Waals surface area contributed by atoms with Crippen LogP contribution in [-0.4, -0.2) is 83.2 Å². The highest BCUT2D eigenvalue weighted by molar-refractivity contribution is 5.77. The van der Waals surface area contributed by atoms with Crippen molar-refractivity contribution in [1.82, 2.24) is 9.80 Å². The lowest BCUT2D eigenvalue weighted by Gasteiger charge is -2.31. The molecule has 0 saturated heterocycles. The maximum absolute atomic E-state index is 10.9. The molecule has 9 heteroatoms. The average molecular weight is 290 g/mol.